The van der Waals surface area contributed by atoms with E-state index in [1.54, 1.807) is 24.3 Å². The maximum absolute atomic E-state index is 14.2. The number of benzene rings is 1. The highest BCUT2D eigenvalue weighted by Gasteiger charge is 2.36. The Hall–Kier alpha value is -3.84. The zero-order valence-corrected chi connectivity index (χ0v) is 34.9. The van der Waals surface area contributed by atoms with Gasteiger partial charge in [-0.25, -0.2) is 4.98 Å². The summed E-state index contributed by atoms with van der Waals surface area (Å²) in [5.41, 5.74) is 1.10. The van der Waals surface area contributed by atoms with Crippen molar-refractivity contribution in [2.24, 2.45) is 23.7 Å². The van der Waals surface area contributed by atoms with E-state index in [1.165, 1.54) is 11.3 Å². The third-order valence-corrected chi connectivity index (χ3v) is 10.7. The molecule has 1 aromatic heterocycles. The average molecular weight is 772 g/mol. The highest BCUT2D eigenvalue weighted by molar-refractivity contribution is 7.09. The van der Waals surface area contributed by atoms with E-state index in [1.807, 2.05) is 83.8 Å². The van der Waals surface area contributed by atoms with Crippen LogP contribution in [0.5, 0.6) is 0 Å². The van der Waals surface area contributed by atoms with Gasteiger partial charge in [-0.15, -0.1) is 11.3 Å². The summed E-state index contributed by atoms with van der Waals surface area (Å²) in [4.78, 5) is 74.0. The number of carboxylic acid groups (broad SMARTS) is 1. The van der Waals surface area contributed by atoms with Crippen LogP contribution in [-0.4, -0.2) is 94.9 Å². The fourth-order valence-electron chi connectivity index (χ4n) is 6.29. The maximum Gasteiger partial charge on any atom is 0.306 e. The molecule has 6 atom stereocenters. The summed E-state index contributed by atoms with van der Waals surface area (Å²) in [5, 5.41) is 17.6. The maximum atomic E-state index is 14.2. The number of unbranched alkanes of at least 4 members (excludes halogenated alkanes) is 1. The Morgan fingerprint density at radius 3 is 2.19 bits per heavy atom. The molecule has 2 aromatic rings. The van der Waals surface area contributed by atoms with Crippen molar-refractivity contribution >= 4 is 41.0 Å². The van der Waals surface area contributed by atoms with Crippen molar-refractivity contribution in [2.75, 3.05) is 27.2 Å². The van der Waals surface area contributed by atoms with Gasteiger partial charge in [0.25, 0.3) is 5.91 Å². The van der Waals surface area contributed by atoms with Crippen molar-refractivity contribution in [3.8, 4) is 0 Å². The predicted molar refractivity (Wildman–Crippen MR) is 213 cm³/mol. The Morgan fingerprint density at radius 1 is 0.944 bits per heavy atom. The van der Waals surface area contributed by atoms with Gasteiger partial charge in [-0.3, -0.25) is 28.9 Å². The molecule has 0 spiro atoms. The first-order valence-corrected chi connectivity index (χ1v) is 20.3. The molecule has 54 heavy (non-hydrogen) atoms. The number of aromatic nitrogens is 1. The first kappa shape index (κ1) is 46.3. The molecule has 0 saturated carbocycles. The Balaban J connectivity index is 2.37. The summed E-state index contributed by atoms with van der Waals surface area (Å²) in [6, 6.07) is 7.95. The predicted octanol–water partition coefficient (Wildman–Crippen LogP) is 6.36. The monoisotopic (exact) mass is 771 g/mol. The second-order valence-corrected chi connectivity index (χ2v) is 16.4. The lowest BCUT2D eigenvalue weighted by atomic mass is 9.93. The van der Waals surface area contributed by atoms with E-state index in [0.29, 0.717) is 17.8 Å². The van der Waals surface area contributed by atoms with Crippen LogP contribution in [0, 0.1) is 23.7 Å². The summed E-state index contributed by atoms with van der Waals surface area (Å²) in [6.07, 6.45) is 2.93. The van der Waals surface area contributed by atoms with Gasteiger partial charge in [0.05, 0.1) is 12.5 Å². The van der Waals surface area contributed by atoms with E-state index in [0.717, 1.165) is 24.9 Å². The molecular formula is C41H65N5O7S. The SMILES string of the molecule is CCCCN(C)CC(=O)N[C@H](C(=O)N(C)[C@H](C[C@@H](OC(=O)CC(C)C)c1nc(C(=O)N[C@@H](Cc2ccccc2)C[C@H](C)C(=O)O)cs1)C(C)C)[C@@H](C)CC. The van der Waals surface area contributed by atoms with Gasteiger partial charge in [-0.05, 0) is 56.2 Å². The molecule has 1 aromatic carbocycles. The molecule has 0 aliphatic rings. The number of hydrogen-bond acceptors (Lipinski definition) is 9. The number of amides is 3. The minimum absolute atomic E-state index is 0.0524. The number of likely N-dealkylation sites (N-methyl/N-ethyl adjacent to an activating group) is 2. The summed E-state index contributed by atoms with van der Waals surface area (Å²) in [6.45, 7) is 16.5. The second-order valence-electron chi connectivity index (χ2n) is 15.5. The zero-order chi connectivity index (χ0) is 40.5. The van der Waals surface area contributed by atoms with Gasteiger partial charge in [0.2, 0.25) is 11.8 Å². The number of carbonyl (C=O) groups is 5. The van der Waals surface area contributed by atoms with E-state index < -0.39 is 48.0 Å². The minimum atomic E-state index is -0.944. The third-order valence-electron chi connectivity index (χ3n) is 9.77. The summed E-state index contributed by atoms with van der Waals surface area (Å²) in [7, 11) is 3.62. The number of ether oxygens (including phenoxy) is 1. The minimum Gasteiger partial charge on any atom is -0.481 e. The molecule has 0 bridgehead atoms. The molecule has 2 rings (SSSR count). The Bertz CT molecular complexity index is 1480. The molecule has 0 saturated heterocycles. The highest BCUT2D eigenvalue weighted by atomic mass is 32.1. The zero-order valence-electron chi connectivity index (χ0n) is 34.1. The van der Waals surface area contributed by atoms with Crippen LogP contribution >= 0.6 is 11.3 Å². The Labute approximate surface area is 326 Å². The number of aliphatic carboxylic acids is 1. The first-order chi connectivity index (χ1) is 25.5. The van der Waals surface area contributed by atoms with Crippen molar-refractivity contribution in [3.05, 3.63) is 52.0 Å². The van der Waals surface area contributed by atoms with Crippen LogP contribution in [0.3, 0.4) is 0 Å². The van der Waals surface area contributed by atoms with Crippen LogP contribution in [0.2, 0.25) is 0 Å². The summed E-state index contributed by atoms with van der Waals surface area (Å²) < 4.78 is 6.06. The van der Waals surface area contributed by atoms with E-state index >= 15 is 0 Å². The first-order valence-electron chi connectivity index (χ1n) is 19.4. The number of rotatable bonds is 24. The smallest absolute Gasteiger partial charge is 0.306 e. The van der Waals surface area contributed by atoms with Gasteiger partial charge in [0.1, 0.15) is 16.7 Å². The Morgan fingerprint density at radius 2 is 1.61 bits per heavy atom. The van der Waals surface area contributed by atoms with Crippen molar-refractivity contribution in [1.29, 1.82) is 0 Å². The molecule has 3 N–H and O–H groups in total. The van der Waals surface area contributed by atoms with E-state index in [2.05, 4.69) is 22.5 Å². The number of nitrogens with zero attached hydrogens (tertiary/aromatic N) is 3. The van der Waals surface area contributed by atoms with Crippen LogP contribution in [-0.2, 0) is 30.3 Å². The topological polar surface area (TPSA) is 158 Å². The van der Waals surface area contributed by atoms with Crippen LogP contribution in [0.15, 0.2) is 35.7 Å². The van der Waals surface area contributed by atoms with Gasteiger partial charge >= 0.3 is 11.9 Å². The van der Waals surface area contributed by atoms with Gasteiger partial charge in [-0.1, -0.05) is 98.6 Å². The van der Waals surface area contributed by atoms with Crippen molar-refractivity contribution in [1.82, 2.24) is 25.4 Å². The molecule has 0 aliphatic carbocycles. The number of carboxylic acids is 1. The lowest BCUT2D eigenvalue weighted by Crippen LogP contribution is -2.55. The number of nitrogens with one attached hydrogen (secondary N) is 2. The van der Waals surface area contributed by atoms with Crippen LogP contribution in [0.1, 0.15) is 121 Å². The fourth-order valence-corrected chi connectivity index (χ4v) is 7.13. The summed E-state index contributed by atoms with van der Waals surface area (Å²) >= 11 is 1.20. The van der Waals surface area contributed by atoms with Gasteiger partial charge in [0, 0.05) is 37.4 Å². The van der Waals surface area contributed by atoms with Crippen LogP contribution in [0.25, 0.3) is 0 Å². The average Bonchev–Trinajstić information content (AvgIpc) is 3.61. The number of esters is 1. The normalized spacial score (nSPS) is 14.9. The molecular weight excluding hydrogens is 707 g/mol. The molecule has 0 fully saturated rings. The van der Waals surface area contributed by atoms with E-state index in [9.17, 15) is 29.1 Å². The standard InChI is InChI=1S/C41H65N5O7S/c1-11-13-19-45(9)24-35(47)44-37(28(7)12-2)40(50)46(10)33(27(5)6)23-34(53-36(48)20-26(3)4)39-43-32(25-54-39)38(49)42-31(21-29(8)41(51)52)22-30-17-15-14-16-18-30/h14-18,25-29,31,33-34,37H,11-13,19-24H2,1-10H3,(H,42,49)(H,44,47)(H,51,52)/t28-,29-,31+,33+,34+,37-/m0/s1. The van der Waals surface area contributed by atoms with Crippen LogP contribution < -0.4 is 10.6 Å². The lowest BCUT2D eigenvalue weighted by molar-refractivity contribution is -0.152. The van der Waals surface area contributed by atoms with Gasteiger partial charge in [0.15, 0.2) is 6.10 Å². The highest BCUT2D eigenvalue weighted by Crippen LogP contribution is 2.31. The molecule has 12 nitrogen and oxygen atoms in total. The molecule has 0 radical (unpaired) electrons. The van der Waals surface area contributed by atoms with Gasteiger partial charge < -0.3 is 25.4 Å². The molecule has 1 heterocycles. The number of carbonyl (C=O) groups excluding carboxylic acids is 4. The second kappa shape index (κ2) is 23.2. The van der Waals surface area contributed by atoms with Crippen molar-refractivity contribution in [3.63, 3.8) is 0 Å². The van der Waals surface area contributed by atoms with Crippen LogP contribution in [0.4, 0.5) is 0 Å². The van der Waals surface area contributed by atoms with Gasteiger partial charge in [-0.2, -0.15) is 0 Å². The molecule has 302 valence electrons. The lowest BCUT2D eigenvalue weighted by Gasteiger charge is -2.37. The third kappa shape index (κ3) is 15.5. The Kier molecular flexibility index (Phi) is 19.9. The molecule has 13 heteroatoms. The molecule has 0 aliphatic heterocycles. The van der Waals surface area contributed by atoms with Crippen molar-refractivity contribution < 1.29 is 33.8 Å². The van der Waals surface area contributed by atoms with Crippen molar-refractivity contribution in [2.45, 2.75) is 125 Å². The number of hydrogen-bond donors (Lipinski definition) is 3. The quantitative estimate of drug-likeness (QED) is 0.103. The number of thiazole rings is 1. The van der Waals surface area contributed by atoms with E-state index in [4.69, 9.17) is 4.74 Å². The summed E-state index contributed by atoms with van der Waals surface area (Å²) in [5.74, 6) is -3.05. The molecule has 0 unspecified atom stereocenters. The largest absolute Gasteiger partial charge is 0.481 e. The molecule has 3 amide bonds. The van der Waals surface area contributed by atoms with E-state index in [-0.39, 0.29) is 61.1 Å². The fraction of sp³-hybridized carbons (Fsp3) is 0.659.